The highest BCUT2D eigenvalue weighted by Gasteiger charge is 2.30. The maximum absolute atomic E-state index is 11.7. The molecule has 1 aromatic rings. The summed E-state index contributed by atoms with van der Waals surface area (Å²) in [5, 5.41) is 0. The van der Waals surface area contributed by atoms with Crippen molar-refractivity contribution in [3.63, 3.8) is 0 Å². The summed E-state index contributed by atoms with van der Waals surface area (Å²) in [7, 11) is 1.68. The van der Waals surface area contributed by atoms with Crippen molar-refractivity contribution in [2.45, 2.75) is 25.4 Å². The highest BCUT2D eigenvalue weighted by Crippen LogP contribution is 2.21. The Morgan fingerprint density at radius 2 is 2.12 bits per heavy atom. The van der Waals surface area contributed by atoms with Crippen LogP contribution < -0.4 is 0 Å². The molecule has 0 aromatic heterocycles. The molecule has 0 radical (unpaired) electrons. The summed E-state index contributed by atoms with van der Waals surface area (Å²) in [4.78, 5) is 13.7. The van der Waals surface area contributed by atoms with Gasteiger partial charge in [-0.2, -0.15) is 0 Å². The molecule has 0 unspecified atom stereocenters. The number of ether oxygens (including phenoxy) is 1. The molecule has 1 aliphatic rings. The van der Waals surface area contributed by atoms with Gasteiger partial charge in [0.2, 0.25) is 5.91 Å². The lowest BCUT2D eigenvalue weighted by Gasteiger charge is -2.24. The number of likely N-dealkylation sites (tertiary alicyclic amines) is 1. The molecule has 3 heteroatoms. The van der Waals surface area contributed by atoms with Crippen molar-refractivity contribution < 1.29 is 9.53 Å². The zero-order chi connectivity index (χ0) is 11.4. The zero-order valence-corrected chi connectivity index (χ0v) is 9.56. The average molecular weight is 219 g/mol. The van der Waals surface area contributed by atoms with E-state index in [9.17, 15) is 4.79 Å². The average Bonchev–Trinajstić information content (AvgIpc) is 2.64. The highest BCUT2D eigenvalue weighted by atomic mass is 16.5. The van der Waals surface area contributed by atoms with E-state index in [-0.39, 0.29) is 11.9 Å². The molecule has 0 spiro atoms. The maximum atomic E-state index is 11.7. The van der Waals surface area contributed by atoms with Gasteiger partial charge < -0.3 is 9.64 Å². The van der Waals surface area contributed by atoms with E-state index in [1.165, 1.54) is 5.56 Å². The monoisotopic (exact) mass is 219 g/mol. The lowest BCUT2D eigenvalue weighted by molar-refractivity contribution is -0.130. The second-order valence-corrected chi connectivity index (χ2v) is 4.16. The molecule has 86 valence electrons. The summed E-state index contributed by atoms with van der Waals surface area (Å²) in [6, 6.07) is 10.3. The molecule has 1 heterocycles. The first kappa shape index (κ1) is 11.1. The lowest BCUT2D eigenvalue weighted by atomic mass is 10.2. The predicted octanol–water partition coefficient (Wildman–Crippen LogP) is 1.82. The number of hydrogen-bond donors (Lipinski definition) is 0. The largest absolute Gasteiger partial charge is 0.383 e. The Morgan fingerprint density at radius 1 is 1.38 bits per heavy atom. The summed E-state index contributed by atoms with van der Waals surface area (Å²) in [5.41, 5.74) is 1.18. The molecule has 2 rings (SSSR count). The Morgan fingerprint density at radius 3 is 2.81 bits per heavy atom. The van der Waals surface area contributed by atoms with Gasteiger partial charge >= 0.3 is 0 Å². The van der Waals surface area contributed by atoms with E-state index in [0.29, 0.717) is 19.6 Å². The van der Waals surface area contributed by atoms with Gasteiger partial charge in [0.05, 0.1) is 12.6 Å². The van der Waals surface area contributed by atoms with E-state index in [1.54, 1.807) is 7.11 Å². The van der Waals surface area contributed by atoms with Crippen molar-refractivity contribution in [1.82, 2.24) is 4.90 Å². The lowest BCUT2D eigenvalue weighted by Crippen LogP contribution is -2.35. The van der Waals surface area contributed by atoms with E-state index >= 15 is 0 Å². The van der Waals surface area contributed by atoms with Crippen molar-refractivity contribution in [1.29, 1.82) is 0 Å². The SMILES string of the molecule is COC[C@H]1CCC(=O)N1Cc1ccccc1. The smallest absolute Gasteiger partial charge is 0.223 e. The summed E-state index contributed by atoms with van der Waals surface area (Å²) in [6.45, 7) is 1.34. The van der Waals surface area contributed by atoms with Gasteiger partial charge in [-0.3, -0.25) is 4.79 Å². The van der Waals surface area contributed by atoms with Crippen LogP contribution in [0.25, 0.3) is 0 Å². The van der Waals surface area contributed by atoms with Crippen LogP contribution in [-0.2, 0) is 16.1 Å². The normalized spacial score (nSPS) is 20.4. The Bertz CT molecular complexity index is 350. The number of methoxy groups -OCH3 is 1. The number of benzene rings is 1. The van der Waals surface area contributed by atoms with Crippen LogP contribution in [0.2, 0.25) is 0 Å². The van der Waals surface area contributed by atoms with Crippen LogP contribution in [0.4, 0.5) is 0 Å². The molecule has 1 fully saturated rings. The highest BCUT2D eigenvalue weighted by molar-refractivity contribution is 5.78. The molecule has 1 amide bonds. The van der Waals surface area contributed by atoms with E-state index < -0.39 is 0 Å². The molecule has 0 saturated carbocycles. The number of hydrogen-bond acceptors (Lipinski definition) is 2. The molecule has 1 atom stereocenters. The van der Waals surface area contributed by atoms with Gasteiger partial charge in [0.25, 0.3) is 0 Å². The fraction of sp³-hybridized carbons (Fsp3) is 0.462. The first-order valence-electron chi connectivity index (χ1n) is 5.63. The maximum Gasteiger partial charge on any atom is 0.223 e. The first-order valence-corrected chi connectivity index (χ1v) is 5.63. The summed E-state index contributed by atoms with van der Waals surface area (Å²) < 4.78 is 5.15. The minimum absolute atomic E-state index is 0.242. The molecule has 1 aromatic carbocycles. The van der Waals surface area contributed by atoms with Crippen LogP contribution in [-0.4, -0.2) is 30.6 Å². The van der Waals surface area contributed by atoms with E-state index in [4.69, 9.17) is 4.74 Å². The second kappa shape index (κ2) is 5.12. The molecule has 0 bridgehead atoms. The molecular formula is C13H17NO2. The standard InChI is InChI=1S/C13H17NO2/c1-16-10-12-7-8-13(15)14(12)9-11-5-3-2-4-6-11/h2-6,12H,7-10H2,1H3/t12-/m1/s1. The fourth-order valence-electron chi connectivity index (χ4n) is 2.16. The molecular weight excluding hydrogens is 202 g/mol. The number of nitrogens with zero attached hydrogens (tertiary/aromatic N) is 1. The van der Waals surface area contributed by atoms with Crippen LogP contribution in [0.1, 0.15) is 18.4 Å². The van der Waals surface area contributed by atoms with Crippen LogP contribution in [0.3, 0.4) is 0 Å². The molecule has 1 aliphatic heterocycles. The van der Waals surface area contributed by atoms with Crippen molar-refractivity contribution in [3.05, 3.63) is 35.9 Å². The summed E-state index contributed by atoms with van der Waals surface area (Å²) in [6.07, 6.45) is 1.57. The minimum atomic E-state index is 0.242. The Kier molecular flexibility index (Phi) is 3.57. The molecule has 0 aliphatic carbocycles. The summed E-state index contributed by atoms with van der Waals surface area (Å²) >= 11 is 0. The van der Waals surface area contributed by atoms with Crippen molar-refractivity contribution >= 4 is 5.91 Å². The number of rotatable bonds is 4. The third-order valence-electron chi connectivity index (χ3n) is 3.01. The van der Waals surface area contributed by atoms with Crippen molar-refractivity contribution in [3.8, 4) is 0 Å². The third kappa shape index (κ3) is 2.42. The van der Waals surface area contributed by atoms with Crippen LogP contribution >= 0.6 is 0 Å². The fourth-order valence-corrected chi connectivity index (χ4v) is 2.16. The van der Waals surface area contributed by atoms with Gasteiger partial charge in [-0.15, -0.1) is 0 Å². The Labute approximate surface area is 96.0 Å². The number of carbonyl (C=O) groups is 1. The van der Waals surface area contributed by atoms with Gasteiger partial charge in [-0.05, 0) is 12.0 Å². The molecule has 1 saturated heterocycles. The van der Waals surface area contributed by atoms with E-state index in [1.807, 2.05) is 23.1 Å². The van der Waals surface area contributed by atoms with Gasteiger partial charge in [0, 0.05) is 20.1 Å². The van der Waals surface area contributed by atoms with Crippen molar-refractivity contribution in [2.75, 3.05) is 13.7 Å². The van der Waals surface area contributed by atoms with Gasteiger partial charge in [0.15, 0.2) is 0 Å². The minimum Gasteiger partial charge on any atom is -0.383 e. The molecule has 0 N–H and O–H groups in total. The van der Waals surface area contributed by atoms with Crippen LogP contribution in [0.15, 0.2) is 30.3 Å². The summed E-state index contributed by atoms with van der Waals surface area (Å²) in [5.74, 6) is 0.242. The van der Waals surface area contributed by atoms with Gasteiger partial charge in [0.1, 0.15) is 0 Å². The van der Waals surface area contributed by atoms with Crippen LogP contribution in [0, 0.1) is 0 Å². The zero-order valence-electron chi connectivity index (χ0n) is 9.56. The van der Waals surface area contributed by atoms with Crippen molar-refractivity contribution in [2.24, 2.45) is 0 Å². The third-order valence-corrected chi connectivity index (χ3v) is 3.01. The molecule has 16 heavy (non-hydrogen) atoms. The molecule has 3 nitrogen and oxygen atoms in total. The Balaban J connectivity index is 2.04. The van der Waals surface area contributed by atoms with E-state index in [0.717, 1.165) is 6.42 Å². The number of amides is 1. The Hall–Kier alpha value is -1.35. The predicted molar refractivity (Wildman–Crippen MR) is 61.9 cm³/mol. The van der Waals surface area contributed by atoms with Gasteiger partial charge in [-0.25, -0.2) is 0 Å². The number of carbonyl (C=O) groups excluding carboxylic acids is 1. The quantitative estimate of drug-likeness (QED) is 0.773. The van der Waals surface area contributed by atoms with Gasteiger partial charge in [-0.1, -0.05) is 30.3 Å². The first-order chi connectivity index (χ1) is 7.81. The van der Waals surface area contributed by atoms with Crippen LogP contribution in [0.5, 0.6) is 0 Å². The topological polar surface area (TPSA) is 29.5 Å². The second-order valence-electron chi connectivity index (χ2n) is 4.16. The van der Waals surface area contributed by atoms with E-state index in [2.05, 4.69) is 12.1 Å².